The van der Waals surface area contributed by atoms with Crippen molar-refractivity contribution >= 4 is 45.3 Å². The minimum atomic E-state index is -1.18. The molecule has 2 N–H and O–H groups in total. The van der Waals surface area contributed by atoms with Crippen LogP contribution < -0.4 is 5.32 Å². The van der Waals surface area contributed by atoms with Crippen molar-refractivity contribution in [3.05, 3.63) is 33.3 Å². The zero-order valence-corrected chi connectivity index (χ0v) is 12.4. The number of amides is 2. The first kappa shape index (κ1) is 14.8. The second kappa shape index (κ2) is 5.80. The number of carbonyl (C=O) groups is 3. The Kier molecular flexibility index (Phi) is 4.29. The van der Waals surface area contributed by atoms with Gasteiger partial charge in [0.1, 0.15) is 12.6 Å². The van der Waals surface area contributed by atoms with Gasteiger partial charge in [0, 0.05) is 11.0 Å². The Morgan fingerprint density at radius 1 is 1.45 bits per heavy atom. The van der Waals surface area contributed by atoms with Gasteiger partial charge in [0.25, 0.3) is 5.91 Å². The molecular formula is C12H10BrClN2O4. The van der Waals surface area contributed by atoms with E-state index in [2.05, 4.69) is 21.2 Å². The van der Waals surface area contributed by atoms with Gasteiger partial charge in [-0.05, 0) is 28.1 Å². The summed E-state index contributed by atoms with van der Waals surface area (Å²) in [7, 11) is 0. The van der Waals surface area contributed by atoms with Crippen LogP contribution in [0.4, 0.5) is 0 Å². The van der Waals surface area contributed by atoms with Crippen LogP contribution >= 0.6 is 27.5 Å². The monoisotopic (exact) mass is 360 g/mol. The molecule has 8 heteroatoms. The molecule has 2 amide bonds. The van der Waals surface area contributed by atoms with Crippen LogP contribution in [0.25, 0.3) is 0 Å². The lowest BCUT2D eigenvalue weighted by molar-refractivity contribution is -0.144. The number of aliphatic carboxylic acids is 1. The summed E-state index contributed by atoms with van der Waals surface area (Å²) in [6.07, 6.45) is 0. The molecule has 1 heterocycles. The van der Waals surface area contributed by atoms with Crippen LogP contribution in [-0.2, 0) is 9.59 Å². The fourth-order valence-corrected chi connectivity index (χ4v) is 2.47. The van der Waals surface area contributed by atoms with Crippen molar-refractivity contribution in [2.24, 2.45) is 0 Å². The summed E-state index contributed by atoms with van der Waals surface area (Å²) in [5.41, 5.74) is 0.155. The summed E-state index contributed by atoms with van der Waals surface area (Å²) in [4.78, 5) is 36.0. The first-order chi connectivity index (χ1) is 9.41. The van der Waals surface area contributed by atoms with Crippen LogP contribution in [0, 0.1) is 0 Å². The molecule has 1 aliphatic heterocycles. The molecule has 0 aliphatic carbocycles. The van der Waals surface area contributed by atoms with Crippen LogP contribution in [0.15, 0.2) is 22.7 Å². The highest BCUT2D eigenvalue weighted by Crippen LogP contribution is 2.27. The van der Waals surface area contributed by atoms with Crippen molar-refractivity contribution in [1.29, 1.82) is 0 Å². The van der Waals surface area contributed by atoms with E-state index in [1.54, 1.807) is 12.1 Å². The molecule has 1 aliphatic rings. The summed E-state index contributed by atoms with van der Waals surface area (Å²) in [5, 5.41) is 11.7. The van der Waals surface area contributed by atoms with E-state index in [1.165, 1.54) is 6.07 Å². The van der Waals surface area contributed by atoms with Crippen LogP contribution in [-0.4, -0.2) is 46.9 Å². The van der Waals surface area contributed by atoms with Gasteiger partial charge in [0.15, 0.2) is 0 Å². The van der Waals surface area contributed by atoms with Gasteiger partial charge < -0.3 is 15.3 Å². The average Bonchev–Trinajstić information content (AvgIpc) is 2.40. The summed E-state index contributed by atoms with van der Waals surface area (Å²) in [6.45, 7) is -0.426. The zero-order chi connectivity index (χ0) is 14.9. The third-order valence-electron chi connectivity index (χ3n) is 2.91. The maximum absolute atomic E-state index is 12.4. The molecule has 1 aromatic rings. The van der Waals surface area contributed by atoms with Gasteiger partial charge in [0.2, 0.25) is 5.91 Å². The average molecular weight is 362 g/mol. The summed E-state index contributed by atoms with van der Waals surface area (Å²) in [6, 6.07) is 3.66. The quantitative estimate of drug-likeness (QED) is 0.827. The van der Waals surface area contributed by atoms with Crippen LogP contribution in [0.2, 0.25) is 5.02 Å². The number of nitrogens with one attached hydrogen (secondary N) is 1. The second-order valence-electron chi connectivity index (χ2n) is 4.19. The number of rotatable bonds is 2. The number of carboxylic acid groups (broad SMARTS) is 1. The summed E-state index contributed by atoms with van der Waals surface area (Å²) >= 11 is 9.22. The van der Waals surface area contributed by atoms with Gasteiger partial charge in [-0.1, -0.05) is 17.7 Å². The van der Waals surface area contributed by atoms with E-state index in [4.69, 9.17) is 16.7 Å². The number of carboxylic acids is 1. The van der Waals surface area contributed by atoms with Crippen LogP contribution in [0.1, 0.15) is 10.4 Å². The van der Waals surface area contributed by atoms with Crippen LogP contribution in [0.3, 0.4) is 0 Å². The van der Waals surface area contributed by atoms with Crippen molar-refractivity contribution in [1.82, 2.24) is 10.2 Å². The number of carbonyl (C=O) groups excluding carboxylic acids is 2. The molecule has 0 aromatic heterocycles. The molecule has 1 unspecified atom stereocenters. The Balaban J connectivity index is 2.36. The van der Waals surface area contributed by atoms with E-state index in [9.17, 15) is 14.4 Å². The fraction of sp³-hybridized carbons (Fsp3) is 0.250. The normalized spacial score (nSPS) is 18.6. The third kappa shape index (κ3) is 2.78. The number of piperazine rings is 1. The molecule has 6 nitrogen and oxygen atoms in total. The molecule has 1 saturated heterocycles. The SMILES string of the molecule is O=C1CN(C(=O)c2cccc(Br)c2Cl)C(C(=O)O)CN1. The molecule has 20 heavy (non-hydrogen) atoms. The van der Waals surface area contributed by atoms with E-state index in [1.807, 2.05) is 0 Å². The number of halogens is 2. The Labute approximate surface area is 127 Å². The van der Waals surface area contributed by atoms with Crippen LogP contribution in [0.5, 0.6) is 0 Å². The van der Waals surface area contributed by atoms with E-state index in [0.29, 0.717) is 4.47 Å². The van der Waals surface area contributed by atoms with E-state index >= 15 is 0 Å². The molecule has 1 aromatic carbocycles. The predicted octanol–water partition coefficient (Wildman–Crippen LogP) is 1.13. The molecular weight excluding hydrogens is 351 g/mol. The topological polar surface area (TPSA) is 86.7 Å². The predicted molar refractivity (Wildman–Crippen MR) is 74.6 cm³/mol. The molecule has 0 spiro atoms. The maximum atomic E-state index is 12.4. The largest absolute Gasteiger partial charge is 0.480 e. The van der Waals surface area contributed by atoms with Crippen molar-refractivity contribution in [2.45, 2.75) is 6.04 Å². The van der Waals surface area contributed by atoms with E-state index in [-0.39, 0.29) is 23.7 Å². The first-order valence-corrected chi connectivity index (χ1v) is 6.83. The molecule has 1 atom stereocenters. The lowest BCUT2D eigenvalue weighted by Gasteiger charge is -2.32. The molecule has 0 bridgehead atoms. The summed E-state index contributed by atoms with van der Waals surface area (Å²) < 4.78 is 0.526. The standard InChI is InChI=1S/C12H10BrClN2O4/c13-7-3-1-2-6(10(7)14)11(18)16-5-9(17)15-4-8(16)12(19)20/h1-3,8H,4-5H2,(H,15,17)(H,19,20). The minimum Gasteiger partial charge on any atom is -0.480 e. The molecule has 0 radical (unpaired) electrons. The third-order valence-corrected chi connectivity index (χ3v) is 4.21. The van der Waals surface area contributed by atoms with E-state index in [0.717, 1.165) is 4.90 Å². The molecule has 0 saturated carbocycles. The number of benzene rings is 1. The Hall–Kier alpha value is -1.60. The Morgan fingerprint density at radius 2 is 2.15 bits per heavy atom. The molecule has 106 valence electrons. The van der Waals surface area contributed by atoms with Gasteiger partial charge in [-0.3, -0.25) is 9.59 Å². The minimum absolute atomic E-state index is 0.120. The first-order valence-electron chi connectivity index (χ1n) is 5.66. The molecule has 2 rings (SSSR count). The van der Waals surface area contributed by atoms with Crippen molar-refractivity contribution in [3.8, 4) is 0 Å². The second-order valence-corrected chi connectivity index (χ2v) is 5.42. The number of nitrogens with zero attached hydrogens (tertiary/aromatic N) is 1. The zero-order valence-electron chi connectivity index (χ0n) is 10.1. The molecule has 1 fully saturated rings. The van der Waals surface area contributed by atoms with Gasteiger partial charge in [-0.15, -0.1) is 0 Å². The lowest BCUT2D eigenvalue weighted by Crippen LogP contribution is -2.59. The van der Waals surface area contributed by atoms with Gasteiger partial charge in [-0.2, -0.15) is 0 Å². The highest BCUT2D eigenvalue weighted by Gasteiger charge is 2.36. The highest BCUT2D eigenvalue weighted by molar-refractivity contribution is 9.10. The van der Waals surface area contributed by atoms with E-state index < -0.39 is 23.8 Å². The number of hydrogen-bond acceptors (Lipinski definition) is 3. The maximum Gasteiger partial charge on any atom is 0.328 e. The number of hydrogen-bond donors (Lipinski definition) is 2. The Bertz CT molecular complexity index is 593. The van der Waals surface area contributed by atoms with Crippen molar-refractivity contribution < 1.29 is 19.5 Å². The van der Waals surface area contributed by atoms with Gasteiger partial charge >= 0.3 is 5.97 Å². The fourth-order valence-electron chi connectivity index (χ4n) is 1.90. The van der Waals surface area contributed by atoms with Crippen molar-refractivity contribution in [3.63, 3.8) is 0 Å². The van der Waals surface area contributed by atoms with Crippen molar-refractivity contribution in [2.75, 3.05) is 13.1 Å². The lowest BCUT2D eigenvalue weighted by atomic mass is 10.1. The highest BCUT2D eigenvalue weighted by atomic mass is 79.9. The van der Waals surface area contributed by atoms with Gasteiger partial charge in [0.05, 0.1) is 10.6 Å². The summed E-state index contributed by atoms with van der Waals surface area (Å²) in [5.74, 6) is -2.16. The Morgan fingerprint density at radius 3 is 2.80 bits per heavy atom. The van der Waals surface area contributed by atoms with Gasteiger partial charge in [-0.25, -0.2) is 4.79 Å². The smallest absolute Gasteiger partial charge is 0.328 e.